The van der Waals surface area contributed by atoms with Crippen molar-refractivity contribution in [2.24, 2.45) is 5.73 Å². The monoisotopic (exact) mass is 246 g/mol. The zero-order valence-electron chi connectivity index (χ0n) is 11.0. The normalized spacial score (nSPS) is 19.3. The molecular weight excluding hydrogens is 224 g/mol. The first-order chi connectivity index (χ1) is 8.66. The molecule has 0 aromatic heterocycles. The summed E-state index contributed by atoms with van der Waals surface area (Å²) < 4.78 is 0. The van der Waals surface area contributed by atoms with E-state index >= 15 is 0 Å². The summed E-state index contributed by atoms with van der Waals surface area (Å²) in [5.41, 5.74) is 8.34. The Kier molecular flexibility index (Phi) is 4.37. The topological polar surface area (TPSA) is 55.1 Å². The zero-order valence-corrected chi connectivity index (χ0v) is 11.0. The van der Waals surface area contributed by atoms with E-state index in [0.717, 1.165) is 25.7 Å². The van der Waals surface area contributed by atoms with Crippen molar-refractivity contribution < 1.29 is 4.79 Å². The summed E-state index contributed by atoms with van der Waals surface area (Å²) in [6.45, 7) is 1.98. The Labute approximate surface area is 109 Å². The fourth-order valence-electron chi connectivity index (χ4n) is 2.56. The van der Waals surface area contributed by atoms with Crippen molar-refractivity contribution in [1.29, 1.82) is 0 Å². The van der Waals surface area contributed by atoms with E-state index < -0.39 is 0 Å². The molecule has 98 valence electrons. The van der Waals surface area contributed by atoms with E-state index in [2.05, 4.69) is 23.5 Å². The third-order valence-corrected chi connectivity index (χ3v) is 3.53. The number of fused-ring (bicyclic) bond motifs is 1. The first kappa shape index (κ1) is 13.1. The van der Waals surface area contributed by atoms with Crippen LogP contribution >= 0.6 is 0 Å². The van der Waals surface area contributed by atoms with Gasteiger partial charge in [-0.25, -0.2) is 0 Å². The predicted octanol–water partition coefficient (Wildman–Crippen LogP) is 2.31. The Morgan fingerprint density at radius 1 is 1.50 bits per heavy atom. The van der Waals surface area contributed by atoms with Crippen LogP contribution < -0.4 is 11.1 Å². The summed E-state index contributed by atoms with van der Waals surface area (Å²) >= 11 is 0. The molecular formula is C15H22N2O. The van der Waals surface area contributed by atoms with Crippen LogP contribution in [0.2, 0.25) is 0 Å². The van der Waals surface area contributed by atoms with Crippen LogP contribution in [0.25, 0.3) is 0 Å². The molecule has 1 aromatic carbocycles. The summed E-state index contributed by atoms with van der Waals surface area (Å²) in [6.07, 6.45) is 4.46. The lowest BCUT2D eigenvalue weighted by atomic mass is 10.1. The van der Waals surface area contributed by atoms with Gasteiger partial charge in [-0.05, 0) is 43.7 Å². The Morgan fingerprint density at radius 2 is 2.28 bits per heavy atom. The van der Waals surface area contributed by atoms with E-state index in [9.17, 15) is 4.79 Å². The lowest BCUT2D eigenvalue weighted by molar-refractivity contribution is -0.121. The average Bonchev–Trinajstić information content (AvgIpc) is 2.72. The minimum absolute atomic E-state index is 0.150. The molecule has 1 aromatic rings. The van der Waals surface area contributed by atoms with Crippen molar-refractivity contribution in [3.8, 4) is 0 Å². The lowest BCUT2D eigenvalue weighted by Gasteiger charge is -2.14. The predicted molar refractivity (Wildman–Crippen MR) is 73.1 cm³/mol. The highest BCUT2D eigenvalue weighted by Gasteiger charge is 2.22. The highest BCUT2D eigenvalue weighted by molar-refractivity contribution is 5.76. The minimum Gasteiger partial charge on any atom is -0.349 e. The van der Waals surface area contributed by atoms with Crippen LogP contribution in [0.15, 0.2) is 24.3 Å². The van der Waals surface area contributed by atoms with Crippen LogP contribution in [0.3, 0.4) is 0 Å². The summed E-state index contributed by atoms with van der Waals surface area (Å²) in [5.74, 6) is 0.150. The molecule has 3 N–H and O–H groups in total. The number of hydrogen-bond acceptors (Lipinski definition) is 2. The first-order valence-electron chi connectivity index (χ1n) is 6.79. The van der Waals surface area contributed by atoms with Crippen molar-refractivity contribution in [2.45, 2.75) is 51.1 Å². The lowest BCUT2D eigenvalue weighted by Crippen LogP contribution is -2.27. The van der Waals surface area contributed by atoms with Gasteiger partial charge in [0.15, 0.2) is 0 Å². The van der Waals surface area contributed by atoms with E-state index in [1.54, 1.807) is 0 Å². The van der Waals surface area contributed by atoms with Crippen molar-refractivity contribution in [2.75, 3.05) is 0 Å². The molecule has 2 atom stereocenters. The number of aryl methyl sites for hydroxylation is 1. The maximum atomic E-state index is 11.8. The third kappa shape index (κ3) is 3.33. The SMILES string of the molecule is CC(N)CCCC(=O)NC1CCc2ccccc21. The number of carbonyl (C=O) groups excluding carboxylic acids is 1. The molecule has 0 bridgehead atoms. The van der Waals surface area contributed by atoms with E-state index in [4.69, 9.17) is 5.73 Å². The molecule has 1 amide bonds. The number of rotatable bonds is 5. The van der Waals surface area contributed by atoms with Crippen LogP contribution in [0.1, 0.15) is 49.8 Å². The summed E-state index contributed by atoms with van der Waals surface area (Å²) in [7, 11) is 0. The van der Waals surface area contributed by atoms with Gasteiger partial charge in [0.25, 0.3) is 0 Å². The first-order valence-corrected chi connectivity index (χ1v) is 6.79. The van der Waals surface area contributed by atoms with Gasteiger partial charge in [-0.3, -0.25) is 4.79 Å². The molecule has 3 nitrogen and oxygen atoms in total. The number of nitrogens with one attached hydrogen (secondary N) is 1. The molecule has 0 fully saturated rings. The summed E-state index contributed by atoms with van der Waals surface area (Å²) in [4.78, 5) is 11.8. The van der Waals surface area contributed by atoms with Gasteiger partial charge in [0.1, 0.15) is 0 Å². The van der Waals surface area contributed by atoms with E-state index in [1.807, 2.05) is 13.0 Å². The Hall–Kier alpha value is -1.35. The molecule has 2 rings (SSSR count). The van der Waals surface area contributed by atoms with Crippen LogP contribution in [0, 0.1) is 0 Å². The number of amides is 1. The van der Waals surface area contributed by atoms with Gasteiger partial charge >= 0.3 is 0 Å². The summed E-state index contributed by atoms with van der Waals surface area (Å²) in [6, 6.07) is 8.77. The highest BCUT2D eigenvalue weighted by Crippen LogP contribution is 2.30. The molecule has 18 heavy (non-hydrogen) atoms. The molecule has 0 heterocycles. The molecule has 0 radical (unpaired) electrons. The molecule has 2 unspecified atom stereocenters. The Bertz CT molecular complexity index is 415. The fourth-order valence-corrected chi connectivity index (χ4v) is 2.56. The van der Waals surface area contributed by atoms with Gasteiger partial charge in [-0.1, -0.05) is 24.3 Å². The molecule has 1 aliphatic rings. The van der Waals surface area contributed by atoms with E-state index in [-0.39, 0.29) is 18.0 Å². The number of benzene rings is 1. The molecule has 0 aliphatic heterocycles. The number of carbonyl (C=O) groups is 1. The smallest absolute Gasteiger partial charge is 0.220 e. The van der Waals surface area contributed by atoms with Crippen molar-refractivity contribution >= 4 is 5.91 Å². The molecule has 3 heteroatoms. The van der Waals surface area contributed by atoms with Gasteiger partial charge in [0.2, 0.25) is 5.91 Å². The largest absolute Gasteiger partial charge is 0.349 e. The van der Waals surface area contributed by atoms with Crippen molar-refractivity contribution in [3.63, 3.8) is 0 Å². The van der Waals surface area contributed by atoms with Gasteiger partial charge in [-0.2, -0.15) is 0 Å². The van der Waals surface area contributed by atoms with Gasteiger partial charge in [-0.15, -0.1) is 0 Å². The maximum Gasteiger partial charge on any atom is 0.220 e. The standard InChI is InChI=1S/C15H22N2O/c1-11(16)5-4-8-15(18)17-14-10-9-12-6-2-3-7-13(12)14/h2-3,6-7,11,14H,4-5,8-10,16H2,1H3,(H,17,18). The zero-order chi connectivity index (χ0) is 13.0. The Balaban J connectivity index is 1.82. The highest BCUT2D eigenvalue weighted by atomic mass is 16.1. The molecule has 0 saturated carbocycles. The second-order valence-corrected chi connectivity index (χ2v) is 5.23. The average molecular weight is 246 g/mol. The van der Waals surface area contributed by atoms with Crippen LogP contribution in [-0.4, -0.2) is 11.9 Å². The van der Waals surface area contributed by atoms with Crippen LogP contribution in [0.4, 0.5) is 0 Å². The fraction of sp³-hybridized carbons (Fsp3) is 0.533. The Morgan fingerprint density at radius 3 is 3.06 bits per heavy atom. The van der Waals surface area contributed by atoms with Crippen LogP contribution in [-0.2, 0) is 11.2 Å². The minimum atomic E-state index is 0.150. The van der Waals surface area contributed by atoms with Gasteiger partial charge < -0.3 is 11.1 Å². The van der Waals surface area contributed by atoms with Crippen molar-refractivity contribution in [3.05, 3.63) is 35.4 Å². The molecule has 1 aliphatic carbocycles. The molecule has 0 spiro atoms. The van der Waals surface area contributed by atoms with E-state index in [0.29, 0.717) is 6.42 Å². The number of nitrogens with two attached hydrogens (primary N) is 1. The van der Waals surface area contributed by atoms with E-state index in [1.165, 1.54) is 11.1 Å². The third-order valence-electron chi connectivity index (χ3n) is 3.53. The maximum absolute atomic E-state index is 11.8. The van der Waals surface area contributed by atoms with Crippen LogP contribution in [0.5, 0.6) is 0 Å². The second kappa shape index (κ2) is 6.01. The molecule has 0 saturated heterocycles. The summed E-state index contributed by atoms with van der Waals surface area (Å²) in [5, 5.41) is 3.13. The quantitative estimate of drug-likeness (QED) is 0.837. The number of hydrogen-bond donors (Lipinski definition) is 2. The van der Waals surface area contributed by atoms with Crippen molar-refractivity contribution in [1.82, 2.24) is 5.32 Å². The second-order valence-electron chi connectivity index (χ2n) is 5.23. The van der Waals surface area contributed by atoms with Gasteiger partial charge in [0.05, 0.1) is 6.04 Å². The van der Waals surface area contributed by atoms with Gasteiger partial charge in [0, 0.05) is 12.5 Å².